The predicted molar refractivity (Wildman–Crippen MR) is 39.7 cm³/mol. The maximum absolute atomic E-state index is 5.24. The van der Waals surface area contributed by atoms with E-state index in [1.54, 1.807) is 0 Å². The highest BCUT2D eigenvalue weighted by Gasteiger charge is 2.13. The van der Waals surface area contributed by atoms with E-state index in [0.717, 1.165) is 19.6 Å². The Morgan fingerprint density at radius 1 is 1.40 bits per heavy atom. The Balaban J connectivity index is 2.18. The highest BCUT2D eigenvalue weighted by atomic mass is 16.7. The molecule has 0 aromatic heterocycles. The third-order valence-corrected chi connectivity index (χ3v) is 1.41. The fourth-order valence-electron chi connectivity index (χ4n) is 0.875. The summed E-state index contributed by atoms with van der Waals surface area (Å²) in [6.07, 6.45) is 3.05. The molecule has 0 amide bonds. The summed E-state index contributed by atoms with van der Waals surface area (Å²) in [4.78, 5) is 0. The second-order valence-corrected chi connectivity index (χ2v) is 2.69. The van der Waals surface area contributed by atoms with Gasteiger partial charge in [-0.05, 0) is 13.8 Å². The molecule has 58 valence electrons. The summed E-state index contributed by atoms with van der Waals surface area (Å²) in [5, 5.41) is 0. The number of hydrogen-bond donors (Lipinski definition) is 0. The van der Waals surface area contributed by atoms with Crippen molar-refractivity contribution in [3.8, 4) is 0 Å². The molecule has 0 unspecified atom stereocenters. The van der Waals surface area contributed by atoms with E-state index in [4.69, 9.17) is 9.47 Å². The van der Waals surface area contributed by atoms with Crippen molar-refractivity contribution < 1.29 is 9.47 Å². The molecule has 1 aliphatic heterocycles. The standard InChI is InChI=1S/C8H14O2/c1-7(2)3-4-8-9-5-6-10-8/h3,8H,4-6H2,1-2H3. The van der Waals surface area contributed by atoms with Gasteiger partial charge in [0.1, 0.15) is 0 Å². The molecule has 0 spiro atoms. The van der Waals surface area contributed by atoms with Crippen molar-refractivity contribution in [1.82, 2.24) is 0 Å². The Kier molecular flexibility index (Phi) is 2.90. The van der Waals surface area contributed by atoms with Gasteiger partial charge in [0.05, 0.1) is 13.2 Å². The zero-order valence-corrected chi connectivity index (χ0v) is 6.59. The minimum Gasteiger partial charge on any atom is -0.350 e. The predicted octanol–water partition coefficient (Wildman–Crippen LogP) is 1.72. The maximum atomic E-state index is 5.24. The van der Waals surface area contributed by atoms with Crippen LogP contribution in [0.25, 0.3) is 0 Å². The van der Waals surface area contributed by atoms with Crippen molar-refractivity contribution in [3.63, 3.8) is 0 Å². The molecule has 0 aliphatic carbocycles. The zero-order valence-electron chi connectivity index (χ0n) is 6.59. The number of ether oxygens (including phenoxy) is 2. The van der Waals surface area contributed by atoms with Gasteiger partial charge in [0, 0.05) is 6.42 Å². The first kappa shape index (κ1) is 7.76. The summed E-state index contributed by atoms with van der Waals surface area (Å²) in [5.74, 6) is 0. The van der Waals surface area contributed by atoms with Gasteiger partial charge in [0.2, 0.25) is 0 Å². The largest absolute Gasteiger partial charge is 0.350 e. The van der Waals surface area contributed by atoms with Gasteiger partial charge in [-0.2, -0.15) is 0 Å². The van der Waals surface area contributed by atoms with Crippen LogP contribution in [0.2, 0.25) is 0 Å². The zero-order chi connectivity index (χ0) is 7.40. The van der Waals surface area contributed by atoms with Crippen molar-refractivity contribution in [2.45, 2.75) is 26.6 Å². The lowest BCUT2D eigenvalue weighted by atomic mass is 10.3. The average Bonchev–Trinajstić information content (AvgIpc) is 2.34. The third kappa shape index (κ3) is 2.50. The smallest absolute Gasteiger partial charge is 0.161 e. The maximum Gasteiger partial charge on any atom is 0.161 e. The minimum atomic E-state index is 0.0231. The van der Waals surface area contributed by atoms with Crippen LogP contribution < -0.4 is 0 Å². The van der Waals surface area contributed by atoms with E-state index in [-0.39, 0.29) is 6.29 Å². The van der Waals surface area contributed by atoms with Gasteiger partial charge < -0.3 is 9.47 Å². The van der Waals surface area contributed by atoms with Crippen LogP contribution in [-0.2, 0) is 9.47 Å². The van der Waals surface area contributed by atoms with Crippen LogP contribution in [0.4, 0.5) is 0 Å². The topological polar surface area (TPSA) is 18.5 Å². The van der Waals surface area contributed by atoms with Crippen LogP contribution in [0.15, 0.2) is 11.6 Å². The second-order valence-electron chi connectivity index (χ2n) is 2.69. The highest BCUT2D eigenvalue weighted by Crippen LogP contribution is 2.09. The molecule has 1 aliphatic rings. The number of rotatable bonds is 2. The number of hydrogen-bond acceptors (Lipinski definition) is 2. The van der Waals surface area contributed by atoms with E-state index >= 15 is 0 Å². The molecule has 10 heavy (non-hydrogen) atoms. The van der Waals surface area contributed by atoms with E-state index in [0.29, 0.717) is 0 Å². The fraction of sp³-hybridized carbons (Fsp3) is 0.750. The van der Waals surface area contributed by atoms with E-state index in [1.807, 2.05) is 0 Å². The van der Waals surface area contributed by atoms with Crippen molar-refractivity contribution >= 4 is 0 Å². The summed E-state index contributed by atoms with van der Waals surface area (Å²) in [6, 6.07) is 0. The lowest BCUT2D eigenvalue weighted by Gasteiger charge is -2.04. The molecule has 0 atom stereocenters. The van der Waals surface area contributed by atoms with Gasteiger partial charge in [0.15, 0.2) is 6.29 Å². The molecule has 1 rings (SSSR count). The monoisotopic (exact) mass is 142 g/mol. The molecular weight excluding hydrogens is 128 g/mol. The van der Waals surface area contributed by atoms with Gasteiger partial charge in [-0.1, -0.05) is 11.6 Å². The van der Waals surface area contributed by atoms with Gasteiger partial charge >= 0.3 is 0 Å². The molecule has 2 nitrogen and oxygen atoms in total. The molecule has 0 N–H and O–H groups in total. The molecule has 0 radical (unpaired) electrons. The Morgan fingerprint density at radius 3 is 2.50 bits per heavy atom. The first-order valence-corrected chi connectivity index (χ1v) is 3.65. The highest BCUT2D eigenvalue weighted by molar-refractivity contribution is 4.93. The second kappa shape index (κ2) is 3.74. The van der Waals surface area contributed by atoms with Crippen LogP contribution in [0.1, 0.15) is 20.3 Å². The van der Waals surface area contributed by atoms with Gasteiger partial charge in [-0.25, -0.2) is 0 Å². The van der Waals surface area contributed by atoms with E-state index in [2.05, 4.69) is 19.9 Å². The summed E-state index contributed by atoms with van der Waals surface area (Å²) in [7, 11) is 0. The SMILES string of the molecule is CC(C)=CCC1OCCO1. The molecule has 2 heteroatoms. The van der Waals surface area contributed by atoms with Crippen molar-refractivity contribution in [3.05, 3.63) is 11.6 Å². The average molecular weight is 142 g/mol. The lowest BCUT2D eigenvalue weighted by molar-refractivity contribution is -0.0381. The fourth-order valence-corrected chi connectivity index (χ4v) is 0.875. The summed E-state index contributed by atoms with van der Waals surface area (Å²) < 4.78 is 10.5. The van der Waals surface area contributed by atoms with Crippen LogP contribution in [-0.4, -0.2) is 19.5 Å². The van der Waals surface area contributed by atoms with Crippen LogP contribution in [0.3, 0.4) is 0 Å². The van der Waals surface area contributed by atoms with Crippen LogP contribution in [0.5, 0.6) is 0 Å². The Hall–Kier alpha value is -0.340. The van der Waals surface area contributed by atoms with Crippen molar-refractivity contribution in [2.24, 2.45) is 0 Å². The Morgan fingerprint density at radius 2 is 2.00 bits per heavy atom. The van der Waals surface area contributed by atoms with Gasteiger partial charge in [0.25, 0.3) is 0 Å². The molecule has 0 aromatic rings. The van der Waals surface area contributed by atoms with E-state index in [9.17, 15) is 0 Å². The molecule has 0 aromatic carbocycles. The summed E-state index contributed by atoms with van der Waals surface area (Å²) in [6.45, 7) is 5.66. The first-order valence-electron chi connectivity index (χ1n) is 3.65. The van der Waals surface area contributed by atoms with Crippen LogP contribution >= 0.6 is 0 Å². The van der Waals surface area contributed by atoms with Gasteiger partial charge in [-0.3, -0.25) is 0 Å². The van der Waals surface area contributed by atoms with E-state index in [1.165, 1.54) is 5.57 Å². The Labute approximate surface area is 61.8 Å². The minimum absolute atomic E-state index is 0.0231. The summed E-state index contributed by atoms with van der Waals surface area (Å²) in [5.41, 5.74) is 1.32. The normalized spacial score (nSPS) is 19.4. The first-order chi connectivity index (χ1) is 4.79. The Bertz CT molecular complexity index is 119. The molecule has 0 bridgehead atoms. The molecular formula is C8H14O2. The van der Waals surface area contributed by atoms with E-state index < -0.39 is 0 Å². The van der Waals surface area contributed by atoms with Crippen LogP contribution in [0, 0.1) is 0 Å². The third-order valence-electron chi connectivity index (χ3n) is 1.41. The van der Waals surface area contributed by atoms with Crippen molar-refractivity contribution in [1.29, 1.82) is 0 Å². The molecule has 1 fully saturated rings. The number of allylic oxidation sites excluding steroid dienone is 1. The molecule has 1 saturated heterocycles. The molecule has 1 heterocycles. The quantitative estimate of drug-likeness (QED) is 0.546. The van der Waals surface area contributed by atoms with Crippen molar-refractivity contribution in [2.75, 3.05) is 13.2 Å². The lowest BCUT2D eigenvalue weighted by Crippen LogP contribution is -2.04. The summed E-state index contributed by atoms with van der Waals surface area (Å²) >= 11 is 0. The van der Waals surface area contributed by atoms with Gasteiger partial charge in [-0.15, -0.1) is 0 Å². The molecule has 0 saturated carbocycles.